The fourth-order valence-electron chi connectivity index (χ4n) is 5.74. The van der Waals surface area contributed by atoms with Crippen LogP contribution < -0.4 is 4.74 Å². The number of hydrogen-bond donors (Lipinski definition) is 1. The van der Waals surface area contributed by atoms with Crippen molar-refractivity contribution >= 4 is 21.8 Å². The zero-order valence-corrected chi connectivity index (χ0v) is 27.7. The molecule has 260 valence electrons. The van der Waals surface area contributed by atoms with E-state index in [0.717, 1.165) is 17.0 Å². The van der Waals surface area contributed by atoms with Gasteiger partial charge in [0.25, 0.3) is 5.91 Å². The largest absolute Gasteiger partial charge is 0.455 e. The third-order valence-electron chi connectivity index (χ3n) is 8.39. The third-order valence-corrected chi connectivity index (χ3v) is 10.5. The Morgan fingerprint density at radius 1 is 1.06 bits per heavy atom. The van der Waals surface area contributed by atoms with Gasteiger partial charge in [0.15, 0.2) is 9.84 Å². The van der Waals surface area contributed by atoms with Gasteiger partial charge in [0, 0.05) is 25.3 Å². The molecule has 0 aliphatic carbocycles. The maximum absolute atomic E-state index is 14.3. The van der Waals surface area contributed by atoms with E-state index in [2.05, 4.69) is 10.1 Å². The lowest BCUT2D eigenvalue weighted by molar-refractivity contribution is -0.138. The van der Waals surface area contributed by atoms with Gasteiger partial charge in [-0.05, 0) is 69.4 Å². The first-order valence-electron chi connectivity index (χ1n) is 15.4. The van der Waals surface area contributed by atoms with Crippen LogP contribution in [0.25, 0.3) is 11.4 Å². The van der Waals surface area contributed by atoms with Crippen molar-refractivity contribution in [2.45, 2.75) is 75.7 Å². The molecule has 3 amide bonds. The number of para-hydroxylation sites is 1. The fraction of sp³-hybridized carbons (Fsp3) is 0.500. The predicted molar refractivity (Wildman–Crippen MR) is 164 cm³/mol. The number of alkyl halides is 3. The number of benzene rings is 2. The van der Waals surface area contributed by atoms with Crippen LogP contribution in [0.2, 0.25) is 0 Å². The van der Waals surface area contributed by atoms with Crippen LogP contribution in [0, 0.1) is 5.92 Å². The van der Waals surface area contributed by atoms with Gasteiger partial charge in [0.05, 0.1) is 16.9 Å². The molecule has 2 aliphatic rings. The molecule has 0 bridgehead atoms. The summed E-state index contributed by atoms with van der Waals surface area (Å²) < 4.78 is 84.7. The second-order valence-electron chi connectivity index (χ2n) is 12.9. The molecule has 2 saturated heterocycles. The van der Waals surface area contributed by atoms with Crippen LogP contribution in [0.4, 0.5) is 18.0 Å². The van der Waals surface area contributed by atoms with Gasteiger partial charge in [-0.15, -0.1) is 0 Å². The molecule has 3 aromatic rings. The second kappa shape index (κ2) is 13.1. The number of imide groups is 1. The summed E-state index contributed by atoms with van der Waals surface area (Å²) in [4.78, 5) is 32.8. The van der Waals surface area contributed by atoms with E-state index in [1.807, 2.05) is 0 Å². The molecular formula is C32H37F3N4O8S. The summed E-state index contributed by atoms with van der Waals surface area (Å²) in [6, 6.07) is 7.87. The van der Waals surface area contributed by atoms with Crippen molar-refractivity contribution in [3.8, 4) is 22.9 Å². The molecule has 1 aromatic heterocycles. The maximum atomic E-state index is 14.3. The number of nitrogens with zero attached hydrogens (tertiary/aromatic N) is 4. The Labute approximate surface area is 275 Å². The van der Waals surface area contributed by atoms with Gasteiger partial charge in [-0.3, -0.25) is 9.69 Å². The SMILES string of the molecule is CC(C)CS(=O)(=O)c1ccccc1Oc1ccc(-c2noc(CN3C(=O)N(CCC4(O)CCOCC4)C(C)(C)C3=O)n2)cc1C(F)(F)F. The van der Waals surface area contributed by atoms with Crippen LogP contribution in [0.3, 0.4) is 0 Å². The van der Waals surface area contributed by atoms with Gasteiger partial charge in [-0.2, -0.15) is 18.2 Å². The van der Waals surface area contributed by atoms with Crippen LogP contribution in [0.15, 0.2) is 51.9 Å². The lowest BCUT2D eigenvalue weighted by Crippen LogP contribution is -2.47. The average Bonchev–Trinajstić information content (AvgIpc) is 3.53. The van der Waals surface area contributed by atoms with Crippen molar-refractivity contribution < 1.29 is 50.3 Å². The molecule has 48 heavy (non-hydrogen) atoms. The van der Waals surface area contributed by atoms with E-state index in [0.29, 0.717) is 26.1 Å². The number of rotatable bonds is 11. The molecule has 2 aliphatic heterocycles. The number of aliphatic hydroxyl groups is 1. The number of carbonyl (C=O) groups is 2. The summed E-state index contributed by atoms with van der Waals surface area (Å²) in [6.45, 7) is 7.08. The van der Waals surface area contributed by atoms with Crippen LogP contribution in [0.1, 0.15) is 58.4 Å². The number of hydrogen-bond acceptors (Lipinski definition) is 10. The van der Waals surface area contributed by atoms with Crippen LogP contribution in [-0.2, 0) is 32.1 Å². The number of urea groups is 1. The minimum atomic E-state index is -4.91. The topological polar surface area (TPSA) is 152 Å². The first-order chi connectivity index (χ1) is 22.4. The van der Waals surface area contributed by atoms with Crippen LogP contribution >= 0.6 is 0 Å². The van der Waals surface area contributed by atoms with Crippen molar-refractivity contribution in [1.82, 2.24) is 19.9 Å². The standard InChI is InChI=1S/C32H37F3N4O8S/c1-20(2)19-48(43,44)25-8-6-5-7-24(25)46-23-10-9-21(17-22(23)32(33,34)35)27-36-26(47-37-27)18-38-28(40)30(3,4)39(29(38)41)14-11-31(42)12-15-45-16-13-31/h5-10,17,20,42H,11-16,18-19H2,1-4H3. The number of ether oxygens (including phenoxy) is 2. The Hall–Kier alpha value is -4.02. The van der Waals surface area contributed by atoms with Crippen molar-refractivity contribution in [3.63, 3.8) is 0 Å². The molecule has 0 unspecified atom stereocenters. The molecule has 3 heterocycles. The van der Waals surface area contributed by atoms with E-state index in [9.17, 15) is 36.3 Å². The van der Waals surface area contributed by atoms with E-state index < -0.39 is 56.9 Å². The number of aromatic nitrogens is 2. The second-order valence-corrected chi connectivity index (χ2v) is 14.9. The van der Waals surface area contributed by atoms with Gasteiger partial charge < -0.3 is 24.0 Å². The summed E-state index contributed by atoms with van der Waals surface area (Å²) >= 11 is 0. The number of halogens is 3. The zero-order chi connectivity index (χ0) is 35.1. The molecule has 0 radical (unpaired) electrons. The van der Waals surface area contributed by atoms with E-state index >= 15 is 0 Å². The summed E-state index contributed by atoms with van der Waals surface area (Å²) in [5, 5.41) is 14.6. The highest BCUT2D eigenvalue weighted by Crippen LogP contribution is 2.41. The summed E-state index contributed by atoms with van der Waals surface area (Å²) in [6.07, 6.45) is -3.84. The molecule has 1 N–H and O–H groups in total. The first kappa shape index (κ1) is 35.3. The molecule has 2 aromatic carbocycles. The Kier molecular flexibility index (Phi) is 9.65. The highest BCUT2D eigenvalue weighted by molar-refractivity contribution is 7.91. The molecule has 16 heteroatoms. The Morgan fingerprint density at radius 2 is 1.75 bits per heavy atom. The number of sulfone groups is 1. The quantitative estimate of drug-likeness (QED) is 0.257. The lowest BCUT2D eigenvalue weighted by atomic mass is 9.90. The monoisotopic (exact) mass is 694 g/mol. The van der Waals surface area contributed by atoms with Gasteiger partial charge in [0.1, 0.15) is 28.5 Å². The molecule has 2 fully saturated rings. The van der Waals surface area contributed by atoms with Crippen molar-refractivity contribution in [2.24, 2.45) is 5.92 Å². The third kappa shape index (κ3) is 7.34. The van der Waals surface area contributed by atoms with Crippen molar-refractivity contribution in [2.75, 3.05) is 25.5 Å². The van der Waals surface area contributed by atoms with E-state index in [-0.39, 0.29) is 52.6 Å². The minimum absolute atomic E-state index is 0.101. The molecule has 12 nitrogen and oxygen atoms in total. The average molecular weight is 695 g/mol. The summed E-state index contributed by atoms with van der Waals surface area (Å²) in [5.41, 5.74) is -3.56. The van der Waals surface area contributed by atoms with Gasteiger partial charge in [-0.25, -0.2) is 13.2 Å². The van der Waals surface area contributed by atoms with Gasteiger partial charge in [-0.1, -0.05) is 31.1 Å². The number of carbonyl (C=O) groups excluding carboxylic acids is 2. The predicted octanol–water partition coefficient (Wildman–Crippen LogP) is 5.45. The summed E-state index contributed by atoms with van der Waals surface area (Å²) in [7, 11) is -3.86. The van der Waals surface area contributed by atoms with E-state index in [1.165, 1.54) is 35.2 Å². The fourth-order valence-corrected chi connectivity index (χ4v) is 7.50. The zero-order valence-electron chi connectivity index (χ0n) is 26.9. The Bertz CT molecular complexity index is 1790. The number of amides is 3. The van der Waals surface area contributed by atoms with E-state index in [1.54, 1.807) is 27.7 Å². The summed E-state index contributed by atoms with van der Waals surface area (Å²) in [5.74, 6) is -2.30. The van der Waals surface area contributed by atoms with Gasteiger partial charge >= 0.3 is 12.2 Å². The highest BCUT2D eigenvalue weighted by atomic mass is 32.2. The Balaban J connectivity index is 1.35. The van der Waals surface area contributed by atoms with Crippen molar-refractivity contribution in [1.29, 1.82) is 0 Å². The normalized spacial score (nSPS) is 18.2. The molecule has 0 spiro atoms. The molecule has 0 atom stereocenters. The first-order valence-corrected chi connectivity index (χ1v) is 17.0. The smallest absolute Gasteiger partial charge is 0.420 e. The minimum Gasteiger partial charge on any atom is -0.455 e. The van der Waals surface area contributed by atoms with E-state index in [4.69, 9.17) is 14.0 Å². The molecular weight excluding hydrogens is 657 g/mol. The lowest BCUT2D eigenvalue weighted by Gasteiger charge is -2.35. The van der Waals surface area contributed by atoms with Crippen LogP contribution in [-0.4, -0.2) is 82.1 Å². The highest BCUT2D eigenvalue weighted by Gasteiger charge is 2.52. The van der Waals surface area contributed by atoms with Gasteiger partial charge in [0.2, 0.25) is 11.7 Å². The Morgan fingerprint density at radius 3 is 2.42 bits per heavy atom. The van der Waals surface area contributed by atoms with Crippen LogP contribution in [0.5, 0.6) is 11.5 Å². The van der Waals surface area contributed by atoms with Crippen molar-refractivity contribution in [3.05, 3.63) is 53.9 Å². The maximum Gasteiger partial charge on any atom is 0.420 e. The molecule has 0 saturated carbocycles. The molecule has 5 rings (SSSR count).